The van der Waals surface area contributed by atoms with E-state index in [1.807, 2.05) is 18.2 Å². The highest BCUT2D eigenvalue weighted by atomic mass is 16.7. The molecule has 1 aromatic heterocycles. The van der Waals surface area contributed by atoms with Gasteiger partial charge in [0.25, 0.3) is 0 Å². The number of carboxylic acids is 1. The van der Waals surface area contributed by atoms with Crippen molar-refractivity contribution in [3.63, 3.8) is 0 Å². The molecular weight excluding hydrogens is 458 g/mol. The Balaban J connectivity index is 1.14. The van der Waals surface area contributed by atoms with Crippen molar-refractivity contribution in [1.82, 2.24) is 25.5 Å². The van der Waals surface area contributed by atoms with Crippen LogP contribution in [0.1, 0.15) is 44.6 Å². The normalized spacial score (nSPS) is 28.2. The Kier molecular flexibility index (Phi) is 5.56. The van der Waals surface area contributed by atoms with Gasteiger partial charge in [-0.3, -0.25) is 9.59 Å². The molecule has 2 saturated heterocycles. The lowest BCUT2D eigenvalue weighted by Crippen LogP contribution is -2.45. The van der Waals surface area contributed by atoms with Crippen LogP contribution in [0.4, 0.5) is 0 Å². The van der Waals surface area contributed by atoms with Crippen LogP contribution in [0.2, 0.25) is 0 Å². The molecule has 4 heterocycles. The Hall–Kier alpha value is -3.25. The number of hydrogen-bond acceptors (Lipinski definition) is 9. The number of benzene rings is 1. The maximum Gasteiger partial charge on any atom is 0.303 e. The van der Waals surface area contributed by atoms with Crippen LogP contribution in [0.25, 0.3) is 11.4 Å². The third-order valence-electron chi connectivity index (χ3n) is 7.54. The number of carbonyl (C=O) groups is 2. The van der Waals surface area contributed by atoms with Crippen molar-refractivity contribution in [3.05, 3.63) is 18.2 Å². The lowest BCUT2D eigenvalue weighted by atomic mass is 9.79. The largest absolute Gasteiger partial charge is 0.481 e. The first-order valence-electron chi connectivity index (χ1n) is 11.9. The molecule has 1 aliphatic carbocycles. The van der Waals surface area contributed by atoms with Gasteiger partial charge in [0.1, 0.15) is 18.2 Å². The van der Waals surface area contributed by atoms with E-state index in [4.69, 9.17) is 18.9 Å². The van der Waals surface area contributed by atoms with Gasteiger partial charge in [-0.25, -0.2) is 4.68 Å². The molecule has 12 nitrogen and oxygen atoms in total. The topological polar surface area (TPSA) is 147 Å². The van der Waals surface area contributed by atoms with Crippen molar-refractivity contribution in [2.24, 2.45) is 5.41 Å². The van der Waals surface area contributed by atoms with Crippen molar-refractivity contribution in [2.45, 2.75) is 62.8 Å². The third-order valence-corrected chi connectivity index (χ3v) is 7.54. The lowest BCUT2D eigenvalue weighted by molar-refractivity contribution is -0.140. The molecule has 2 N–H and O–H groups in total. The van der Waals surface area contributed by atoms with E-state index >= 15 is 0 Å². The SMILES string of the molecule is O=C(O)CC1(CC(=O)N[C@H]2CO[C@H]3[C@H]2OC[C@H]3n2nnnc2-c2ccc3c(c2)OCO3)CCCC1. The fourth-order valence-electron chi connectivity index (χ4n) is 5.92. The molecule has 0 unspecified atom stereocenters. The second-order valence-corrected chi connectivity index (χ2v) is 9.81. The maximum absolute atomic E-state index is 12.9. The number of carboxylic acid groups (broad SMARTS) is 1. The second-order valence-electron chi connectivity index (χ2n) is 9.81. The predicted molar refractivity (Wildman–Crippen MR) is 118 cm³/mol. The monoisotopic (exact) mass is 485 g/mol. The third kappa shape index (κ3) is 4.10. The summed E-state index contributed by atoms with van der Waals surface area (Å²) in [5.74, 6) is 0.868. The van der Waals surface area contributed by atoms with Crippen molar-refractivity contribution in [2.75, 3.05) is 20.0 Å². The Morgan fingerprint density at radius 3 is 2.71 bits per heavy atom. The van der Waals surface area contributed by atoms with Crippen LogP contribution in [-0.4, -0.2) is 75.4 Å². The number of nitrogens with one attached hydrogen (secondary N) is 1. The number of aliphatic carboxylic acids is 1. The van der Waals surface area contributed by atoms with E-state index in [1.54, 1.807) is 4.68 Å². The number of tetrazole rings is 1. The molecule has 0 spiro atoms. The van der Waals surface area contributed by atoms with Crippen LogP contribution in [0.15, 0.2) is 18.2 Å². The summed E-state index contributed by atoms with van der Waals surface area (Å²) in [5.41, 5.74) is 0.325. The van der Waals surface area contributed by atoms with E-state index in [0.29, 0.717) is 30.5 Å². The first-order chi connectivity index (χ1) is 17.0. The Bertz CT molecular complexity index is 1130. The summed E-state index contributed by atoms with van der Waals surface area (Å²) in [6.45, 7) is 0.834. The summed E-state index contributed by atoms with van der Waals surface area (Å²) in [7, 11) is 0. The van der Waals surface area contributed by atoms with Crippen molar-refractivity contribution in [1.29, 1.82) is 0 Å². The molecule has 3 fully saturated rings. The van der Waals surface area contributed by atoms with Gasteiger partial charge in [0.2, 0.25) is 12.7 Å². The molecule has 12 heteroatoms. The molecule has 1 amide bonds. The van der Waals surface area contributed by atoms with Crippen LogP contribution < -0.4 is 14.8 Å². The minimum absolute atomic E-state index is 0.0220. The van der Waals surface area contributed by atoms with Gasteiger partial charge in [0.05, 0.1) is 25.7 Å². The second kappa shape index (κ2) is 8.76. The van der Waals surface area contributed by atoms with Crippen LogP contribution in [0.5, 0.6) is 11.5 Å². The quantitative estimate of drug-likeness (QED) is 0.588. The highest BCUT2D eigenvalue weighted by Crippen LogP contribution is 2.44. The Labute approximate surface area is 200 Å². The first-order valence-corrected chi connectivity index (χ1v) is 11.9. The number of aromatic nitrogens is 4. The summed E-state index contributed by atoms with van der Waals surface area (Å²) in [4.78, 5) is 24.3. The fourth-order valence-corrected chi connectivity index (χ4v) is 5.92. The fraction of sp³-hybridized carbons (Fsp3) is 0.609. The van der Waals surface area contributed by atoms with Crippen LogP contribution in [0, 0.1) is 5.41 Å². The molecule has 0 radical (unpaired) electrons. The number of fused-ring (bicyclic) bond motifs is 2. The molecule has 4 atom stereocenters. The first kappa shape index (κ1) is 22.2. The molecular formula is C23H27N5O7. The van der Waals surface area contributed by atoms with Gasteiger partial charge < -0.3 is 29.4 Å². The standard InChI is InChI=1S/C23H27N5O7/c29-18(8-23(9-19(30)31)5-1-2-6-23)24-14-10-32-21-15(11-33-20(14)21)28-22(25-26-27-28)13-3-4-16-17(7-13)35-12-34-16/h3-4,7,14-15,20-21H,1-2,5-6,8-12H2,(H,24,29)(H,30,31)/t14-,15+,20-,21+/m0/s1. The molecule has 1 saturated carbocycles. The van der Waals surface area contributed by atoms with E-state index in [2.05, 4.69) is 20.8 Å². The minimum atomic E-state index is -0.856. The van der Waals surface area contributed by atoms with Crippen LogP contribution in [0.3, 0.4) is 0 Å². The smallest absolute Gasteiger partial charge is 0.303 e. The lowest BCUT2D eigenvalue weighted by Gasteiger charge is -2.27. The maximum atomic E-state index is 12.9. The predicted octanol–water partition coefficient (Wildman–Crippen LogP) is 1.32. The number of ether oxygens (including phenoxy) is 4. The van der Waals surface area contributed by atoms with E-state index < -0.39 is 11.4 Å². The van der Waals surface area contributed by atoms with Crippen molar-refractivity contribution >= 4 is 11.9 Å². The number of carbonyl (C=O) groups excluding carboxylic acids is 1. The molecule has 6 rings (SSSR count). The molecule has 3 aliphatic heterocycles. The summed E-state index contributed by atoms with van der Waals surface area (Å²) in [6.07, 6.45) is 3.01. The van der Waals surface area contributed by atoms with Crippen molar-refractivity contribution in [3.8, 4) is 22.9 Å². The van der Waals surface area contributed by atoms with Crippen LogP contribution in [-0.2, 0) is 19.1 Å². The molecule has 0 bridgehead atoms. The van der Waals surface area contributed by atoms with E-state index in [1.165, 1.54) is 0 Å². The van der Waals surface area contributed by atoms with E-state index in [-0.39, 0.29) is 49.8 Å². The van der Waals surface area contributed by atoms with Crippen molar-refractivity contribution < 1.29 is 33.6 Å². The summed E-state index contributed by atoms with van der Waals surface area (Å²) in [5, 5.41) is 24.6. The van der Waals surface area contributed by atoms with Gasteiger partial charge in [-0.2, -0.15) is 0 Å². The highest BCUT2D eigenvalue weighted by Gasteiger charge is 2.50. The average Bonchev–Trinajstić information content (AvgIpc) is 3.62. The zero-order valence-electron chi connectivity index (χ0n) is 19.1. The van der Waals surface area contributed by atoms with Crippen LogP contribution >= 0.6 is 0 Å². The number of amides is 1. The van der Waals surface area contributed by atoms with Gasteiger partial charge in [-0.05, 0) is 46.9 Å². The van der Waals surface area contributed by atoms with Gasteiger partial charge in [-0.1, -0.05) is 12.8 Å². The Morgan fingerprint density at radius 1 is 1.09 bits per heavy atom. The minimum Gasteiger partial charge on any atom is -0.481 e. The molecule has 4 aliphatic rings. The Morgan fingerprint density at radius 2 is 1.89 bits per heavy atom. The van der Waals surface area contributed by atoms with E-state index in [9.17, 15) is 14.7 Å². The van der Waals surface area contributed by atoms with E-state index in [0.717, 1.165) is 31.2 Å². The van der Waals surface area contributed by atoms with Gasteiger partial charge >= 0.3 is 5.97 Å². The average molecular weight is 485 g/mol. The summed E-state index contributed by atoms with van der Waals surface area (Å²) in [6, 6.07) is 4.96. The zero-order valence-corrected chi connectivity index (χ0v) is 19.1. The van der Waals surface area contributed by atoms with Gasteiger partial charge in [0, 0.05) is 12.0 Å². The molecule has 2 aromatic rings. The summed E-state index contributed by atoms with van der Waals surface area (Å²) >= 11 is 0. The molecule has 186 valence electrons. The molecule has 35 heavy (non-hydrogen) atoms. The number of rotatable bonds is 7. The summed E-state index contributed by atoms with van der Waals surface area (Å²) < 4.78 is 24.7. The zero-order chi connectivity index (χ0) is 24.0. The number of nitrogens with zero attached hydrogens (tertiary/aromatic N) is 4. The highest BCUT2D eigenvalue weighted by molar-refractivity contribution is 5.78. The van der Waals surface area contributed by atoms with Gasteiger partial charge in [-0.15, -0.1) is 5.10 Å². The number of hydrogen-bond donors (Lipinski definition) is 2. The van der Waals surface area contributed by atoms with Gasteiger partial charge in [0.15, 0.2) is 17.3 Å². The molecule has 1 aromatic carbocycles.